The molecule has 2 aromatic rings. The fourth-order valence-electron chi connectivity index (χ4n) is 1.78. The predicted molar refractivity (Wildman–Crippen MR) is 73.9 cm³/mol. The van der Waals surface area contributed by atoms with Crippen molar-refractivity contribution in [2.75, 3.05) is 0 Å². The predicted octanol–water partition coefficient (Wildman–Crippen LogP) is 2.28. The van der Waals surface area contributed by atoms with Crippen molar-refractivity contribution in [3.05, 3.63) is 41.6 Å². The summed E-state index contributed by atoms with van der Waals surface area (Å²) in [5, 5.41) is 4.41. The number of benzene rings is 1. The van der Waals surface area contributed by atoms with E-state index in [4.69, 9.17) is 18.0 Å². The van der Waals surface area contributed by atoms with E-state index < -0.39 is 0 Å². The van der Waals surface area contributed by atoms with E-state index in [0.717, 1.165) is 23.2 Å². The molecule has 0 atom stereocenters. The summed E-state index contributed by atoms with van der Waals surface area (Å²) in [4.78, 5) is 0.382. The minimum absolute atomic E-state index is 0.382. The van der Waals surface area contributed by atoms with Crippen LogP contribution in [-0.4, -0.2) is 14.8 Å². The largest absolute Gasteiger partial charge is 0.389 e. The SMILES string of the molecule is CCc1ccc(-c2nn(C)cc2C(N)=S)cc1. The second kappa shape index (κ2) is 4.67. The zero-order chi connectivity index (χ0) is 12.4. The van der Waals surface area contributed by atoms with Gasteiger partial charge in [-0.25, -0.2) is 0 Å². The third-order valence-corrected chi connectivity index (χ3v) is 2.95. The van der Waals surface area contributed by atoms with Crippen molar-refractivity contribution < 1.29 is 0 Å². The number of nitrogens with zero attached hydrogens (tertiary/aromatic N) is 2. The summed E-state index contributed by atoms with van der Waals surface area (Å²) in [5.74, 6) is 0. The van der Waals surface area contributed by atoms with Crippen LogP contribution in [0.5, 0.6) is 0 Å². The lowest BCUT2D eigenvalue weighted by Gasteiger charge is -2.02. The molecule has 0 unspecified atom stereocenters. The summed E-state index contributed by atoms with van der Waals surface area (Å²) in [5.41, 5.74) is 9.73. The van der Waals surface area contributed by atoms with Gasteiger partial charge in [0, 0.05) is 18.8 Å². The molecule has 17 heavy (non-hydrogen) atoms. The fourth-order valence-corrected chi connectivity index (χ4v) is 1.93. The van der Waals surface area contributed by atoms with E-state index in [-0.39, 0.29) is 0 Å². The van der Waals surface area contributed by atoms with Gasteiger partial charge in [-0.1, -0.05) is 43.4 Å². The maximum Gasteiger partial charge on any atom is 0.107 e. The second-order valence-corrected chi connectivity index (χ2v) is 4.42. The van der Waals surface area contributed by atoms with E-state index in [1.807, 2.05) is 13.2 Å². The Labute approximate surface area is 106 Å². The van der Waals surface area contributed by atoms with Crippen LogP contribution in [0.1, 0.15) is 18.1 Å². The first-order valence-electron chi connectivity index (χ1n) is 5.54. The summed E-state index contributed by atoms with van der Waals surface area (Å²) in [7, 11) is 1.87. The molecule has 0 saturated heterocycles. The van der Waals surface area contributed by atoms with Crippen LogP contribution < -0.4 is 5.73 Å². The van der Waals surface area contributed by atoms with Gasteiger partial charge in [0.2, 0.25) is 0 Å². The number of aryl methyl sites for hydroxylation is 2. The molecule has 4 heteroatoms. The maximum atomic E-state index is 5.70. The van der Waals surface area contributed by atoms with E-state index in [9.17, 15) is 0 Å². The van der Waals surface area contributed by atoms with Crippen molar-refractivity contribution in [1.82, 2.24) is 9.78 Å². The van der Waals surface area contributed by atoms with Crippen LogP contribution in [0.25, 0.3) is 11.3 Å². The summed E-state index contributed by atoms with van der Waals surface area (Å²) in [6.45, 7) is 2.14. The van der Waals surface area contributed by atoms with Gasteiger partial charge in [-0.05, 0) is 12.0 Å². The van der Waals surface area contributed by atoms with Gasteiger partial charge >= 0.3 is 0 Å². The van der Waals surface area contributed by atoms with Gasteiger partial charge in [0.25, 0.3) is 0 Å². The molecule has 0 spiro atoms. The van der Waals surface area contributed by atoms with Crippen LogP contribution in [0.15, 0.2) is 30.5 Å². The number of thiocarbonyl (C=S) groups is 1. The van der Waals surface area contributed by atoms with Gasteiger partial charge < -0.3 is 5.73 Å². The molecule has 0 radical (unpaired) electrons. The molecule has 2 N–H and O–H groups in total. The molecule has 1 heterocycles. The number of aromatic nitrogens is 2. The minimum Gasteiger partial charge on any atom is -0.389 e. The maximum absolute atomic E-state index is 5.70. The summed E-state index contributed by atoms with van der Waals surface area (Å²) < 4.78 is 1.73. The Morgan fingerprint density at radius 2 is 2.00 bits per heavy atom. The Morgan fingerprint density at radius 1 is 1.35 bits per heavy atom. The first kappa shape index (κ1) is 11.8. The molecule has 0 amide bonds. The van der Waals surface area contributed by atoms with Crippen molar-refractivity contribution in [2.45, 2.75) is 13.3 Å². The van der Waals surface area contributed by atoms with Crippen molar-refractivity contribution >= 4 is 17.2 Å². The third kappa shape index (κ3) is 2.36. The van der Waals surface area contributed by atoms with E-state index in [1.165, 1.54) is 5.56 Å². The molecule has 1 aromatic carbocycles. The molecule has 0 aliphatic heterocycles. The minimum atomic E-state index is 0.382. The Morgan fingerprint density at radius 3 is 2.53 bits per heavy atom. The van der Waals surface area contributed by atoms with Crippen molar-refractivity contribution in [3.8, 4) is 11.3 Å². The summed E-state index contributed by atoms with van der Waals surface area (Å²) >= 11 is 5.04. The number of nitrogens with two attached hydrogens (primary N) is 1. The van der Waals surface area contributed by atoms with Crippen LogP contribution in [0.3, 0.4) is 0 Å². The standard InChI is InChI=1S/C13H15N3S/c1-3-9-4-6-10(7-5-9)12-11(13(14)17)8-16(2)15-12/h4-8H,3H2,1-2H3,(H2,14,17). The molecule has 2 rings (SSSR count). The van der Waals surface area contributed by atoms with E-state index >= 15 is 0 Å². The van der Waals surface area contributed by atoms with Crippen LogP contribution in [0, 0.1) is 0 Å². The van der Waals surface area contributed by atoms with Crippen molar-refractivity contribution in [3.63, 3.8) is 0 Å². The van der Waals surface area contributed by atoms with Gasteiger partial charge in [0.05, 0.1) is 5.56 Å². The average Bonchev–Trinajstić information content (AvgIpc) is 2.72. The van der Waals surface area contributed by atoms with Gasteiger partial charge in [0.1, 0.15) is 10.7 Å². The first-order valence-corrected chi connectivity index (χ1v) is 5.95. The van der Waals surface area contributed by atoms with Crippen LogP contribution in [0.2, 0.25) is 0 Å². The quantitative estimate of drug-likeness (QED) is 0.844. The van der Waals surface area contributed by atoms with Crippen molar-refractivity contribution in [1.29, 1.82) is 0 Å². The highest BCUT2D eigenvalue weighted by Crippen LogP contribution is 2.22. The van der Waals surface area contributed by atoms with E-state index in [1.54, 1.807) is 4.68 Å². The molecule has 1 aromatic heterocycles. The molecular weight excluding hydrogens is 230 g/mol. The topological polar surface area (TPSA) is 43.8 Å². The summed E-state index contributed by atoms with van der Waals surface area (Å²) in [6, 6.07) is 8.33. The number of hydrogen-bond acceptors (Lipinski definition) is 2. The lowest BCUT2D eigenvalue weighted by atomic mass is 10.1. The Kier molecular flexibility index (Phi) is 3.24. The zero-order valence-corrected chi connectivity index (χ0v) is 10.8. The Hall–Kier alpha value is -1.68. The molecule has 3 nitrogen and oxygen atoms in total. The highest BCUT2D eigenvalue weighted by molar-refractivity contribution is 7.80. The molecule has 88 valence electrons. The van der Waals surface area contributed by atoms with Crippen LogP contribution >= 0.6 is 12.2 Å². The first-order chi connectivity index (χ1) is 8.11. The van der Waals surface area contributed by atoms with Gasteiger partial charge in [-0.3, -0.25) is 4.68 Å². The second-order valence-electron chi connectivity index (χ2n) is 3.98. The normalized spacial score (nSPS) is 10.5. The van der Waals surface area contributed by atoms with Crippen molar-refractivity contribution in [2.24, 2.45) is 12.8 Å². The van der Waals surface area contributed by atoms with Gasteiger partial charge in [0.15, 0.2) is 0 Å². The Bertz CT molecular complexity index is 540. The van der Waals surface area contributed by atoms with Crippen LogP contribution in [-0.2, 0) is 13.5 Å². The van der Waals surface area contributed by atoms with Gasteiger partial charge in [-0.15, -0.1) is 0 Å². The van der Waals surface area contributed by atoms with E-state index in [2.05, 4.69) is 36.3 Å². The molecule has 0 saturated carbocycles. The lowest BCUT2D eigenvalue weighted by molar-refractivity contribution is 0.771. The molecule has 0 aliphatic carbocycles. The zero-order valence-electron chi connectivity index (χ0n) is 9.97. The summed E-state index contributed by atoms with van der Waals surface area (Å²) in [6.07, 6.45) is 2.88. The highest BCUT2D eigenvalue weighted by atomic mass is 32.1. The van der Waals surface area contributed by atoms with E-state index in [0.29, 0.717) is 4.99 Å². The van der Waals surface area contributed by atoms with Crippen LogP contribution in [0.4, 0.5) is 0 Å². The number of rotatable bonds is 3. The monoisotopic (exact) mass is 245 g/mol. The molecule has 0 fully saturated rings. The molecular formula is C13H15N3S. The molecule has 0 bridgehead atoms. The Balaban J connectivity index is 2.48. The smallest absolute Gasteiger partial charge is 0.107 e. The lowest BCUT2D eigenvalue weighted by Crippen LogP contribution is -2.09. The number of hydrogen-bond donors (Lipinski definition) is 1. The highest BCUT2D eigenvalue weighted by Gasteiger charge is 2.11. The molecule has 0 aliphatic rings. The third-order valence-electron chi connectivity index (χ3n) is 2.73. The van der Waals surface area contributed by atoms with Gasteiger partial charge in [-0.2, -0.15) is 5.10 Å². The average molecular weight is 245 g/mol. The fraction of sp³-hybridized carbons (Fsp3) is 0.231.